The molecule has 0 aromatic heterocycles. The molecule has 7 nitrogen and oxygen atoms in total. The van der Waals surface area contributed by atoms with E-state index >= 15 is 0 Å². The van der Waals surface area contributed by atoms with E-state index in [2.05, 4.69) is 10.6 Å². The standard InChI is InChI=1S/C20H28N4O3/c1-2-15(21)18(25)23-16-10-8-14-9-11-17(24(14)20(16)27)19(26)22-12-13-6-4-3-5-7-13/h3-7,14-17H,2,8-12,21H2,1H3,(H,22,26)(H,23,25)/t14-,15+,16+,17+/m1/s1. The van der Waals surface area contributed by atoms with Crippen LogP contribution in [0.2, 0.25) is 0 Å². The quantitative estimate of drug-likeness (QED) is 0.683. The summed E-state index contributed by atoms with van der Waals surface area (Å²) in [7, 11) is 0. The van der Waals surface area contributed by atoms with Crippen LogP contribution < -0.4 is 16.4 Å². The molecule has 0 bridgehead atoms. The molecular formula is C20H28N4O3. The first kappa shape index (κ1) is 19.4. The molecule has 2 heterocycles. The van der Waals surface area contributed by atoms with Crippen molar-refractivity contribution in [3.63, 3.8) is 0 Å². The average Bonchev–Trinajstić information content (AvgIpc) is 3.13. The summed E-state index contributed by atoms with van der Waals surface area (Å²) in [6.45, 7) is 2.27. The molecular weight excluding hydrogens is 344 g/mol. The molecule has 1 aromatic carbocycles. The summed E-state index contributed by atoms with van der Waals surface area (Å²) >= 11 is 0. The minimum absolute atomic E-state index is 0.0815. The van der Waals surface area contributed by atoms with Gasteiger partial charge in [-0.05, 0) is 37.7 Å². The average molecular weight is 372 g/mol. The van der Waals surface area contributed by atoms with E-state index in [1.807, 2.05) is 37.3 Å². The third kappa shape index (κ3) is 4.30. The lowest BCUT2D eigenvalue weighted by molar-refractivity contribution is -0.146. The number of rotatable bonds is 6. The summed E-state index contributed by atoms with van der Waals surface area (Å²) in [6, 6.07) is 8.10. The fourth-order valence-electron chi connectivity index (χ4n) is 3.92. The van der Waals surface area contributed by atoms with Gasteiger partial charge in [-0.2, -0.15) is 0 Å². The molecule has 7 heteroatoms. The summed E-state index contributed by atoms with van der Waals surface area (Å²) in [5, 5.41) is 5.70. The number of carbonyl (C=O) groups excluding carboxylic acids is 3. The SMILES string of the molecule is CC[C@H](N)C(=O)N[C@H]1CC[C@@H]2CC[C@@H](C(=O)NCc3ccccc3)N2C1=O. The van der Waals surface area contributed by atoms with Gasteiger partial charge in [0.1, 0.15) is 12.1 Å². The molecule has 2 saturated heterocycles. The van der Waals surface area contributed by atoms with E-state index in [0.717, 1.165) is 18.4 Å². The van der Waals surface area contributed by atoms with Crippen molar-refractivity contribution in [1.29, 1.82) is 0 Å². The molecule has 3 amide bonds. The number of nitrogens with two attached hydrogens (primary N) is 1. The van der Waals surface area contributed by atoms with Gasteiger partial charge in [0.2, 0.25) is 17.7 Å². The van der Waals surface area contributed by atoms with Crippen molar-refractivity contribution in [2.75, 3.05) is 0 Å². The number of fused-ring (bicyclic) bond motifs is 1. The van der Waals surface area contributed by atoms with Crippen LogP contribution in [0.15, 0.2) is 30.3 Å². The Balaban J connectivity index is 1.62. The van der Waals surface area contributed by atoms with Gasteiger partial charge in [0, 0.05) is 12.6 Å². The highest BCUT2D eigenvalue weighted by Gasteiger charge is 2.46. The summed E-state index contributed by atoms with van der Waals surface area (Å²) in [5.41, 5.74) is 6.77. The zero-order chi connectivity index (χ0) is 19.4. The van der Waals surface area contributed by atoms with Crippen LogP contribution in [0.3, 0.4) is 0 Å². The predicted octanol–water partition coefficient (Wildman–Crippen LogP) is 0.678. The highest BCUT2D eigenvalue weighted by atomic mass is 16.2. The molecule has 0 spiro atoms. The fourth-order valence-corrected chi connectivity index (χ4v) is 3.92. The number of benzene rings is 1. The second-order valence-corrected chi connectivity index (χ2v) is 7.35. The van der Waals surface area contributed by atoms with Gasteiger partial charge in [-0.3, -0.25) is 14.4 Å². The van der Waals surface area contributed by atoms with Crippen molar-refractivity contribution in [3.8, 4) is 0 Å². The zero-order valence-electron chi connectivity index (χ0n) is 15.7. The Kier molecular flexibility index (Phi) is 6.11. The zero-order valence-corrected chi connectivity index (χ0v) is 15.7. The largest absolute Gasteiger partial charge is 0.350 e. The van der Waals surface area contributed by atoms with Gasteiger partial charge in [0.25, 0.3) is 0 Å². The van der Waals surface area contributed by atoms with Gasteiger partial charge in [-0.15, -0.1) is 0 Å². The van der Waals surface area contributed by atoms with Gasteiger partial charge in [-0.25, -0.2) is 0 Å². The van der Waals surface area contributed by atoms with Crippen molar-refractivity contribution in [2.24, 2.45) is 5.73 Å². The Morgan fingerprint density at radius 3 is 2.59 bits per heavy atom. The Bertz CT molecular complexity index is 694. The molecule has 4 N–H and O–H groups in total. The maximum absolute atomic E-state index is 12.9. The van der Waals surface area contributed by atoms with Crippen LogP contribution in [0.4, 0.5) is 0 Å². The molecule has 0 unspecified atom stereocenters. The highest BCUT2D eigenvalue weighted by molar-refractivity contribution is 5.94. The normalized spacial score (nSPS) is 25.6. The number of piperidine rings is 1. The van der Waals surface area contributed by atoms with E-state index < -0.39 is 18.1 Å². The van der Waals surface area contributed by atoms with Gasteiger partial charge >= 0.3 is 0 Å². The molecule has 2 aliphatic heterocycles. The Morgan fingerprint density at radius 2 is 1.89 bits per heavy atom. The first-order valence-electron chi connectivity index (χ1n) is 9.71. The van der Waals surface area contributed by atoms with Gasteiger partial charge < -0.3 is 21.3 Å². The monoisotopic (exact) mass is 372 g/mol. The van der Waals surface area contributed by atoms with Crippen molar-refractivity contribution < 1.29 is 14.4 Å². The topological polar surface area (TPSA) is 105 Å². The van der Waals surface area contributed by atoms with E-state index in [0.29, 0.717) is 25.8 Å². The van der Waals surface area contributed by atoms with Crippen LogP contribution in [0.25, 0.3) is 0 Å². The maximum Gasteiger partial charge on any atom is 0.246 e. The Hall–Kier alpha value is -2.41. The summed E-state index contributed by atoms with van der Waals surface area (Å²) < 4.78 is 0. The molecule has 0 aliphatic carbocycles. The smallest absolute Gasteiger partial charge is 0.246 e. The molecule has 1 aromatic rings. The Morgan fingerprint density at radius 1 is 1.19 bits per heavy atom. The summed E-state index contributed by atoms with van der Waals surface area (Å²) in [5.74, 6) is -0.606. The van der Waals surface area contributed by atoms with E-state index in [1.165, 1.54) is 0 Å². The van der Waals surface area contributed by atoms with Crippen molar-refractivity contribution in [3.05, 3.63) is 35.9 Å². The predicted molar refractivity (Wildman–Crippen MR) is 101 cm³/mol. The molecule has 0 saturated carbocycles. The second-order valence-electron chi connectivity index (χ2n) is 7.35. The molecule has 0 radical (unpaired) electrons. The first-order chi connectivity index (χ1) is 13.0. The van der Waals surface area contributed by atoms with E-state index in [1.54, 1.807) is 4.90 Å². The van der Waals surface area contributed by atoms with Crippen LogP contribution in [0.1, 0.15) is 44.6 Å². The highest BCUT2D eigenvalue weighted by Crippen LogP contribution is 2.32. The first-order valence-corrected chi connectivity index (χ1v) is 9.71. The van der Waals surface area contributed by atoms with Crippen molar-refractivity contribution in [2.45, 2.75) is 69.7 Å². The number of hydrogen-bond donors (Lipinski definition) is 3. The second kappa shape index (κ2) is 8.52. The maximum atomic E-state index is 12.9. The molecule has 146 valence electrons. The van der Waals surface area contributed by atoms with Gasteiger partial charge in [0.05, 0.1) is 6.04 Å². The third-order valence-electron chi connectivity index (χ3n) is 5.55. The lowest BCUT2D eigenvalue weighted by atomic mass is 9.97. The number of nitrogens with zero attached hydrogens (tertiary/aromatic N) is 1. The van der Waals surface area contributed by atoms with Crippen LogP contribution in [-0.2, 0) is 20.9 Å². The summed E-state index contributed by atoms with van der Waals surface area (Å²) in [6.07, 6.45) is 3.39. The van der Waals surface area contributed by atoms with Crippen molar-refractivity contribution >= 4 is 17.7 Å². The Labute approximate surface area is 159 Å². The van der Waals surface area contributed by atoms with Gasteiger partial charge in [0.15, 0.2) is 0 Å². The molecule has 3 rings (SSSR count). The number of hydrogen-bond acceptors (Lipinski definition) is 4. The number of carbonyl (C=O) groups is 3. The lowest BCUT2D eigenvalue weighted by Crippen LogP contribution is -2.60. The third-order valence-corrected chi connectivity index (χ3v) is 5.55. The van der Waals surface area contributed by atoms with E-state index in [4.69, 9.17) is 5.73 Å². The lowest BCUT2D eigenvalue weighted by Gasteiger charge is -2.38. The molecule has 2 fully saturated rings. The van der Waals surface area contributed by atoms with Gasteiger partial charge in [-0.1, -0.05) is 37.3 Å². The van der Waals surface area contributed by atoms with Crippen molar-refractivity contribution in [1.82, 2.24) is 15.5 Å². The van der Waals surface area contributed by atoms with Crippen LogP contribution in [-0.4, -0.2) is 46.8 Å². The fraction of sp³-hybridized carbons (Fsp3) is 0.550. The number of amides is 3. The van der Waals surface area contributed by atoms with E-state index in [9.17, 15) is 14.4 Å². The summed E-state index contributed by atoms with van der Waals surface area (Å²) in [4.78, 5) is 39.4. The van der Waals surface area contributed by atoms with Crippen LogP contribution in [0.5, 0.6) is 0 Å². The molecule has 27 heavy (non-hydrogen) atoms. The van der Waals surface area contributed by atoms with Crippen LogP contribution in [0, 0.1) is 0 Å². The minimum Gasteiger partial charge on any atom is -0.350 e. The molecule has 2 aliphatic rings. The minimum atomic E-state index is -0.612. The van der Waals surface area contributed by atoms with Crippen LogP contribution >= 0.6 is 0 Å². The molecule has 4 atom stereocenters. The number of nitrogens with one attached hydrogen (secondary N) is 2. The van der Waals surface area contributed by atoms with E-state index in [-0.39, 0.29) is 23.8 Å².